The molecule has 0 aliphatic carbocycles. The third-order valence-corrected chi connectivity index (χ3v) is 7.36. The first-order chi connectivity index (χ1) is 19.5. The van der Waals surface area contributed by atoms with Crippen LogP contribution < -0.4 is 9.47 Å². The van der Waals surface area contributed by atoms with Crippen molar-refractivity contribution >= 4 is 51.3 Å². The average Bonchev–Trinajstić information content (AvgIpc) is 3.25. The number of aromatic carboxylic acids is 1. The lowest BCUT2D eigenvalue weighted by Crippen LogP contribution is -2.28. The van der Waals surface area contributed by atoms with E-state index in [4.69, 9.17) is 9.47 Å². The zero-order valence-corrected chi connectivity index (χ0v) is 23.0. The number of carboxylic acids is 1. The lowest BCUT2D eigenvalue weighted by molar-refractivity contribution is -0.122. The second-order valence-corrected chi connectivity index (χ2v) is 9.99. The maximum absolute atomic E-state index is 13.2. The molecule has 0 spiro atoms. The van der Waals surface area contributed by atoms with Crippen molar-refractivity contribution in [1.82, 2.24) is 4.90 Å². The predicted octanol–water partition coefficient (Wildman–Crippen LogP) is 7.14. The number of amides is 1. The number of benzene rings is 4. The zero-order chi connectivity index (χ0) is 28.1. The Morgan fingerprint density at radius 3 is 2.55 bits per heavy atom. The van der Waals surface area contributed by atoms with E-state index in [0.29, 0.717) is 47.0 Å². The standard InChI is InChI=1S/C32H28N2O5S/c1-3-34-30(35)29(40-32(34)33-25-13-8-11-23(19-25)31(36)37)18-21-15-16-27(28(17-21)38-4-2)39-20-24-12-7-10-22-9-5-6-14-26(22)24/h5-19H,3-4,20H2,1-2H3,(H,36,37)/b29-18+,33-32?. The fourth-order valence-electron chi connectivity index (χ4n) is 4.42. The Kier molecular flexibility index (Phi) is 8.17. The van der Waals surface area contributed by atoms with Gasteiger partial charge in [-0.25, -0.2) is 9.79 Å². The summed E-state index contributed by atoms with van der Waals surface area (Å²) in [6, 6.07) is 26.3. The highest BCUT2D eigenvalue weighted by atomic mass is 32.2. The van der Waals surface area contributed by atoms with Crippen LogP contribution in [-0.2, 0) is 11.4 Å². The molecule has 0 radical (unpaired) electrons. The molecule has 8 heteroatoms. The Morgan fingerprint density at radius 1 is 0.950 bits per heavy atom. The average molecular weight is 553 g/mol. The van der Waals surface area contributed by atoms with Gasteiger partial charge in [0.1, 0.15) is 6.61 Å². The number of likely N-dealkylation sites (N-methyl/N-ethyl adjacent to an activating group) is 1. The van der Waals surface area contributed by atoms with E-state index in [9.17, 15) is 14.7 Å². The molecule has 7 nitrogen and oxygen atoms in total. The van der Waals surface area contributed by atoms with E-state index in [1.165, 1.54) is 23.9 Å². The summed E-state index contributed by atoms with van der Waals surface area (Å²) < 4.78 is 12.1. The first-order valence-electron chi connectivity index (χ1n) is 13.0. The van der Waals surface area contributed by atoms with Crippen molar-refractivity contribution in [3.8, 4) is 11.5 Å². The van der Waals surface area contributed by atoms with Gasteiger partial charge >= 0.3 is 5.97 Å². The van der Waals surface area contributed by atoms with Crippen LogP contribution in [-0.4, -0.2) is 40.2 Å². The molecule has 0 saturated carbocycles. The maximum Gasteiger partial charge on any atom is 0.335 e. The quantitative estimate of drug-likeness (QED) is 0.222. The molecule has 0 aromatic heterocycles. The minimum Gasteiger partial charge on any atom is -0.490 e. The molecule has 5 rings (SSSR count). The highest BCUT2D eigenvalue weighted by Crippen LogP contribution is 2.36. The summed E-state index contributed by atoms with van der Waals surface area (Å²) in [5.41, 5.74) is 2.49. The molecule has 1 saturated heterocycles. The number of carboxylic acid groups (broad SMARTS) is 1. The Hall–Kier alpha value is -4.56. The summed E-state index contributed by atoms with van der Waals surface area (Å²) in [6.07, 6.45) is 1.81. The fourth-order valence-corrected chi connectivity index (χ4v) is 5.48. The van der Waals surface area contributed by atoms with Crippen molar-refractivity contribution in [3.05, 3.63) is 107 Å². The second-order valence-electron chi connectivity index (χ2n) is 8.98. The van der Waals surface area contributed by atoms with Crippen LogP contribution in [0.15, 0.2) is 94.8 Å². The van der Waals surface area contributed by atoms with Crippen LogP contribution in [0.3, 0.4) is 0 Å². The smallest absolute Gasteiger partial charge is 0.335 e. The highest BCUT2D eigenvalue weighted by molar-refractivity contribution is 8.18. The number of thioether (sulfide) groups is 1. The third-order valence-electron chi connectivity index (χ3n) is 6.35. The highest BCUT2D eigenvalue weighted by Gasteiger charge is 2.32. The van der Waals surface area contributed by atoms with Gasteiger partial charge in [-0.1, -0.05) is 54.6 Å². The van der Waals surface area contributed by atoms with Crippen molar-refractivity contribution in [3.63, 3.8) is 0 Å². The van der Waals surface area contributed by atoms with Gasteiger partial charge in [0.2, 0.25) is 0 Å². The molecular weight excluding hydrogens is 524 g/mol. The van der Waals surface area contributed by atoms with Crippen molar-refractivity contribution in [2.24, 2.45) is 4.99 Å². The molecule has 40 heavy (non-hydrogen) atoms. The van der Waals surface area contributed by atoms with Gasteiger partial charge in [0, 0.05) is 6.54 Å². The van der Waals surface area contributed by atoms with E-state index in [1.807, 2.05) is 56.3 Å². The number of ether oxygens (including phenoxy) is 2. The van der Waals surface area contributed by atoms with Crippen molar-refractivity contribution in [2.75, 3.05) is 13.2 Å². The molecule has 1 aliphatic heterocycles. The Labute approximate surface area is 236 Å². The number of nitrogens with zero attached hydrogens (tertiary/aromatic N) is 2. The SMILES string of the molecule is CCOc1cc(/C=C2/SC(=Nc3cccc(C(=O)O)c3)N(CC)C2=O)ccc1OCc1cccc2ccccc12. The number of hydrogen-bond acceptors (Lipinski definition) is 6. The zero-order valence-electron chi connectivity index (χ0n) is 22.2. The second kappa shape index (κ2) is 12.1. The largest absolute Gasteiger partial charge is 0.490 e. The number of rotatable bonds is 9. The molecule has 1 fully saturated rings. The molecule has 202 valence electrons. The van der Waals surface area contributed by atoms with Gasteiger partial charge in [0.15, 0.2) is 16.7 Å². The monoisotopic (exact) mass is 552 g/mol. The Morgan fingerprint density at radius 2 is 1.75 bits per heavy atom. The summed E-state index contributed by atoms with van der Waals surface area (Å²) in [5.74, 6) is 0.0343. The van der Waals surface area contributed by atoms with Gasteiger partial charge in [0.25, 0.3) is 5.91 Å². The predicted molar refractivity (Wildman–Crippen MR) is 159 cm³/mol. The molecule has 0 unspecified atom stereocenters. The van der Waals surface area contributed by atoms with Crippen LogP contribution in [0.1, 0.15) is 35.3 Å². The molecule has 4 aromatic carbocycles. The third kappa shape index (κ3) is 5.87. The number of carbonyl (C=O) groups is 2. The summed E-state index contributed by atoms with van der Waals surface area (Å²) in [5, 5.41) is 12.1. The minimum atomic E-state index is -1.03. The Balaban J connectivity index is 1.39. The number of aliphatic imine (C=N–C) groups is 1. The number of amidine groups is 1. The van der Waals surface area contributed by atoms with E-state index in [2.05, 4.69) is 29.3 Å². The maximum atomic E-state index is 13.2. The van der Waals surface area contributed by atoms with E-state index < -0.39 is 5.97 Å². The van der Waals surface area contributed by atoms with Crippen molar-refractivity contribution < 1.29 is 24.2 Å². The lowest BCUT2D eigenvalue weighted by atomic mass is 10.1. The van der Waals surface area contributed by atoms with Gasteiger partial charge in [-0.3, -0.25) is 9.69 Å². The van der Waals surface area contributed by atoms with Gasteiger partial charge in [-0.05, 0) is 83.9 Å². The molecule has 1 N–H and O–H groups in total. The summed E-state index contributed by atoms with van der Waals surface area (Å²) >= 11 is 1.26. The van der Waals surface area contributed by atoms with Crippen LogP contribution in [0, 0.1) is 0 Å². The van der Waals surface area contributed by atoms with Crippen LogP contribution in [0.4, 0.5) is 5.69 Å². The van der Waals surface area contributed by atoms with E-state index >= 15 is 0 Å². The first kappa shape index (κ1) is 27.0. The molecule has 4 aromatic rings. The summed E-state index contributed by atoms with van der Waals surface area (Å²) in [6.45, 7) is 5.08. The molecule has 1 heterocycles. The van der Waals surface area contributed by atoms with E-state index in [-0.39, 0.29) is 11.5 Å². The van der Waals surface area contributed by atoms with E-state index in [0.717, 1.165) is 21.9 Å². The normalized spacial score (nSPS) is 15.2. The summed E-state index contributed by atoms with van der Waals surface area (Å²) in [4.78, 5) is 31.2. The lowest BCUT2D eigenvalue weighted by Gasteiger charge is -2.14. The number of fused-ring (bicyclic) bond motifs is 1. The number of hydrogen-bond donors (Lipinski definition) is 1. The van der Waals surface area contributed by atoms with Crippen molar-refractivity contribution in [1.29, 1.82) is 0 Å². The van der Waals surface area contributed by atoms with Gasteiger partial charge in [0.05, 0.1) is 22.8 Å². The van der Waals surface area contributed by atoms with Gasteiger partial charge in [-0.2, -0.15) is 0 Å². The van der Waals surface area contributed by atoms with Crippen molar-refractivity contribution in [2.45, 2.75) is 20.5 Å². The van der Waals surface area contributed by atoms with Gasteiger partial charge < -0.3 is 14.6 Å². The Bertz CT molecular complexity index is 1640. The van der Waals surface area contributed by atoms with Gasteiger partial charge in [-0.15, -0.1) is 0 Å². The molecule has 1 amide bonds. The first-order valence-corrected chi connectivity index (χ1v) is 13.8. The molecule has 0 bridgehead atoms. The molecular formula is C32H28N2O5S. The van der Waals surface area contributed by atoms with Crippen LogP contribution in [0.5, 0.6) is 11.5 Å². The number of carbonyl (C=O) groups excluding carboxylic acids is 1. The van der Waals surface area contributed by atoms with Crippen LogP contribution >= 0.6 is 11.8 Å². The van der Waals surface area contributed by atoms with Crippen LogP contribution in [0.2, 0.25) is 0 Å². The summed E-state index contributed by atoms with van der Waals surface area (Å²) in [7, 11) is 0. The minimum absolute atomic E-state index is 0.140. The topological polar surface area (TPSA) is 88.4 Å². The van der Waals surface area contributed by atoms with Crippen LogP contribution in [0.25, 0.3) is 16.8 Å². The molecule has 0 atom stereocenters. The molecule has 1 aliphatic rings. The fraction of sp³-hybridized carbons (Fsp3) is 0.156. The van der Waals surface area contributed by atoms with E-state index in [1.54, 1.807) is 17.0 Å².